The smallest absolute Gasteiger partial charge is 0.129 e. The minimum atomic E-state index is 0.770. The van der Waals surface area contributed by atoms with Crippen molar-refractivity contribution in [3.63, 3.8) is 0 Å². The van der Waals surface area contributed by atoms with Crippen molar-refractivity contribution < 1.29 is 9.47 Å². The van der Waals surface area contributed by atoms with Crippen molar-refractivity contribution in [3.05, 3.63) is 66.2 Å². The molecule has 1 aliphatic heterocycles. The van der Waals surface area contributed by atoms with Crippen molar-refractivity contribution in [2.75, 3.05) is 38.3 Å². The van der Waals surface area contributed by atoms with Gasteiger partial charge in [0.25, 0.3) is 0 Å². The summed E-state index contributed by atoms with van der Waals surface area (Å²) < 4.78 is 11.0. The number of morpholine rings is 1. The molecule has 0 spiro atoms. The summed E-state index contributed by atoms with van der Waals surface area (Å²) in [6, 6.07) is 20.7. The van der Waals surface area contributed by atoms with Crippen LogP contribution in [0.15, 0.2) is 65.7 Å². The third-order valence-corrected chi connectivity index (χ3v) is 4.70. The molecule has 0 bridgehead atoms. The molecular weight excluding hydrogens is 324 g/mol. The SMILES string of the molecule is COc1cc(N2CCOCC2)ccc1C=Nc1cccc2ccccc12. The van der Waals surface area contributed by atoms with Crippen LogP contribution in [0.25, 0.3) is 10.8 Å². The predicted molar refractivity (Wildman–Crippen MR) is 107 cm³/mol. The van der Waals surface area contributed by atoms with Gasteiger partial charge >= 0.3 is 0 Å². The topological polar surface area (TPSA) is 34.1 Å². The summed E-state index contributed by atoms with van der Waals surface area (Å²) in [5, 5.41) is 2.34. The van der Waals surface area contributed by atoms with Crippen LogP contribution in [0.1, 0.15) is 5.56 Å². The normalized spacial score (nSPS) is 14.9. The number of hydrogen-bond donors (Lipinski definition) is 0. The second-order valence-electron chi connectivity index (χ2n) is 6.28. The highest BCUT2D eigenvalue weighted by Gasteiger charge is 2.13. The molecule has 3 aromatic rings. The molecule has 3 aromatic carbocycles. The van der Waals surface area contributed by atoms with Gasteiger partial charge < -0.3 is 14.4 Å². The Hall–Kier alpha value is -2.85. The van der Waals surface area contributed by atoms with Crippen molar-refractivity contribution in [3.8, 4) is 5.75 Å². The van der Waals surface area contributed by atoms with Gasteiger partial charge in [0.2, 0.25) is 0 Å². The van der Waals surface area contributed by atoms with Gasteiger partial charge in [-0.3, -0.25) is 4.99 Å². The van der Waals surface area contributed by atoms with Crippen molar-refractivity contribution in [1.82, 2.24) is 0 Å². The Morgan fingerprint density at radius 3 is 2.65 bits per heavy atom. The van der Waals surface area contributed by atoms with Gasteiger partial charge in [-0.2, -0.15) is 0 Å². The summed E-state index contributed by atoms with van der Waals surface area (Å²) in [4.78, 5) is 7.03. The first-order chi connectivity index (χ1) is 12.8. The molecule has 1 saturated heterocycles. The van der Waals surface area contributed by atoms with Crippen LogP contribution in [0.4, 0.5) is 11.4 Å². The molecule has 4 nitrogen and oxygen atoms in total. The van der Waals surface area contributed by atoms with Crippen molar-refractivity contribution in [2.45, 2.75) is 0 Å². The predicted octanol–water partition coefficient (Wildman–Crippen LogP) is 4.44. The van der Waals surface area contributed by atoms with E-state index in [0.717, 1.165) is 54.4 Å². The first-order valence-corrected chi connectivity index (χ1v) is 8.88. The molecule has 1 heterocycles. The number of methoxy groups -OCH3 is 1. The highest BCUT2D eigenvalue weighted by molar-refractivity contribution is 5.96. The zero-order chi connectivity index (χ0) is 17.8. The summed E-state index contributed by atoms with van der Waals surface area (Å²) >= 11 is 0. The van der Waals surface area contributed by atoms with Crippen LogP contribution in [0.3, 0.4) is 0 Å². The lowest BCUT2D eigenvalue weighted by Gasteiger charge is -2.29. The molecule has 4 rings (SSSR count). The molecule has 4 heteroatoms. The van der Waals surface area contributed by atoms with Gasteiger partial charge in [-0.15, -0.1) is 0 Å². The van der Waals surface area contributed by atoms with Gasteiger partial charge in [0.1, 0.15) is 5.75 Å². The lowest BCUT2D eigenvalue weighted by Crippen LogP contribution is -2.36. The average Bonchev–Trinajstić information content (AvgIpc) is 2.72. The van der Waals surface area contributed by atoms with Gasteiger partial charge in [0.05, 0.1) is 26.0 Å². The number of rotatable bonds is 4. The van der Waals surface area contributed by atoms with Crippen LogP contribution in [0.5, 0.6) is 5.75 Å². The largest absolute Gasteiger partial charge is 0.496 e. The first-order valence-electron chi connectivity index (χ1n) is 8.88. The molecule has 0 unspecified atom stereocenters. The van der Waals surface area contributed by atoms with E-state index in [1.54, 1.807) is 7.11 Å². The van der Waals surface area contributed by atoms with Crippen LogP contribution < -0.4 is 9.64 Å². The Bertz CT molecular complexity index is 925. The summed E-state index contributed by atoms with van der Waals surface area (Å²) in [5.41, 5.74) is 3.09. The molecule has 26 heavy (non-hydrogen) atoms. The molecule has 0 saturated carbocycles. The number of fused-ring (bicyclic) bond motifs is 1. The van der Waals surface area contributed by atoms with E-state index in [2.05, 4.69) is 41.3 Å². The molecular formula is C22H22N2O2. The van der Waals surface area contributed by atoms with Crippen molar-refractivity contribution in [2.24, 2.45) is 4.99 Å². The van der Waals surface area contributed by atoms with Crippen molar-refractivity contribution >= 4 is 28.4 Å². The van der Waals surface area contributed by atoms with Crippen LogP contribution in [0, 0.1) is 0 Å². The van der Waals surface area contributed by atoms with Gasteiger partial charge in [0.15, 0.2) is 0 Å². The highest BCUT2D eigenvalue weighted by Crippen LogP contribution is 2.28. The maximum atomic E-state index is 5.60. The Labute approximate surface area is 153 Å². The third-order valence-electron chi connectivity index (χ3n) is 4.70. The zero-order valence-electron chi connectivity index (χ0n) is 14.9. The van der Waals surface area contributed by atoms with E-state index in [0.29, 0.717) is 0 Å². The zero-order valence-corrected chi connectivity index (χ0v) is 14.9. The van der Waals surface area contributed by atoms with E-state index >= 15 is 0 Å². The van der Waals surface area contributed by atoms with Gasteiger partial charge in [0, 0.05) is 42.0 Å². The van der Waals surface area contributed by atoms with E-state index in [1.165, 1.54) is 5.39 Å². The number of hydrogen-bond acceptors (Lipinski definition) is 4. The molecule has 0 aliphatic carbocycles. The second kappa shape index (κ2) is 7.58. The Kier molecular flexibility index (Phi) is 4.84. The summed E-state index contributed by atoms with van der Waals surface area (Å²) in [7, 11) is 1.70. The minimum absolute atomic E-state index is 0.770. The second-order valence-corrected chi connectivity index (χ2v) is 6.28. The van der Waals surface area contributed by atoms with E-state index < -0.39 is 0 Å². The Morgan fingerprint density at radius 2 is 1.81 bits per heavy atom. The molecule has 1 fully saturated rings. The molecule has 0 atom stereocenters. The number of ether oxygens (including phenoxy) is 2. The lowest BCUT2D eigenvalue weighted by molar-refractivity contribution is 0.122. The van der Waals surface area contributed by atoms with E-state index in [-0.39, 0.29) is 0 Å². The van der Waals surface area contributed by atoms with Gasteiger partial charge in [-0.25, -0.2) is 0 Å². The molecule has 0 aromatic heterocycles. The summed E-state index contributed by atoms with van der Waals surface area (Å²) in [6.45, 7) is 3.36. The summed E-state index contributed by atoms with van der Waals surface area (Å²) in [5.74, 6) is 0.831. The van der Waals surface area contributed by atoms with Gasteiger partial charge in [-0.05, 0) is 23.6 Å². The molecule has 1 aliphatic rings. The molecule has 0 N–H and O–H groups in total. The fourth-order valence-corrected chi connectivity index (χ4v) is 3.28. The average molecular weight is 346 g/mol. The minimum Gasteiger partial charge on any atom is -0.496 e. The third kappa shape index (κ3) is 3.41. The standard InChI is InChI=1S/C22H22N2O2/c1-25-22-15-19(24-11-13-26-14-12-24)10-9-18(22)16-23-21-8-4-6-17-5-2-3-7-20(17)21/h2-10,15-16H,11-14H2,1H3. The number of aliphatic imine (C=N–C) groups is 1. The highest BCUT2D eigenvalue weighted by atomic mass is 16.5. The number of anilines is 1. The van der Waals surface area contributed by atoms with Crippen LogP contribution in [0.2, 0.25) is 0 Å². The van der Waals surface area contributed by atoms with Crippen LogP contribution in [-0.2, 0) is 4.74 Å². The van der Waals surface area contributed by atoms with E-state index in [4.69, 9.17) is 14.5 Å². The number of benzene rings is 3. The van der Waals surface area contributed by atoms with E-state index in [1.807, 2.05) is 30.5 Å². The maximum absolute atomic E-state index is 5.60. The fourth-order valence-electron chi connectivity index (χ4n) is 3.28. The maximum Gasteiger partial charge on any atom is 0.129 e. The molecule has 132 valence electrons. The molecule has 0 amide bonds. The monoisotopic (exact) mass is 346 g/mol. The first kappa shape index (κ1) is 16.6. The number of nitrogens with zero attached hydrogens (tertiary/aromatic N) is 2. The quantitative estimate of drug-likeness (QED) is 0.655. The Morgan fingerprint density at radius 1 is 1.00 bits per heavy atom. The van der Waals surface area contributed by atoms with Crippen molar-refractivity contribution in [1.29, 1.82) is 0 Å². The van der Waals surface area contributed by atoms with Crippen LogP contribution in [-0.4, -0.2) is 39.6 Å². The summed E-state index contributed by atoms with van der Waals surface area (Å²) in [6.07, 6.45) is 1.88. The fraction of sp³-hybridized carbons (Fsp3) is 0.227. The van der Waals surface area contributed by atoms with E-state index in [9.17, 15) is 0 Å². The lowest BCUT2D eigenvalue weighted by atomic mass is 10.1. The Balaban J connectivity index is 1.63. The van der Waals surface area contributed by atoms with Gasteiger partial charge in [-0.1, -0.05) is 36.4 Å². The van der Waals surface area contributed by atoms with Crippen LogP contribution >= 0.6 is 0 Å². The molecule has 0 radical (unpaired) electrons.